The number of nitrogens with zero attached hydrogens (tertiary/aromatic N) is 3. The molecule has 0 radical (unpaired) electrons. The van der Waals surface area contributed by atoms with Crippen molar-refractivity contribution in [2.24, 2.45) is 9.98 Å². The van der Waals surface area contributed by atoms with Crippen molar-refractivity contribution in [2.45, 2.75) is 68.3 Å². The van der Waals surface area contributed by atoms with Crippen LogP contribution < -0.4 is 9.60 Å². The molecule has 10 atom stereocenters. The number of aryl methyl sites for hydroxylation is 1. The van der Waals surface area contributed by atoms with Crippen LogP contribution in [0.1, 0.15) is 78.1 Å². The van der Waals surface area contributed by atoms with Crippen molar-refractivity contribution in [2.75, 3.05) is 13.2 Å². The topological polar surface area (TPSA) is 241 Å². The van der Waals surface area contributed by atoms with Gasteiger partial charge in [-0.15, -0.1) is 12.4 Å². The Bertz CT molecular complexity index is 4540. The molecule has 502 valence electrons. The lowest BCUT2D eigenvalue weighted by Gasteiger charge is -2.48. The highest BCUT2D eigenvalue weighted by molar-refractivity contribution is 7.67. The van der Waals surface area contributed by atoms with Crippen LogP contribution >= 0.6 is 33.1 Å². The number of benzene rings is 9. The predicted molar refractivity (Wildman–Crippen MR) is 365 cm³/mol. The van der Waals surface area contributed by atoms with E-state index >= 15 is 4.79 Å². The first kappa shape index (κ1) is 69.4. The molecule has 10 aromatic rings. The highest BCUT2D eigenvalue weighted by Gasteiger charge is 2.58. The van der Waals surface area contributed by atoms with Crippen molar-refractivity contribution in [3.05, 3.63) is 321 Å². The van der Waals surface area contributed by atoms with Crippen LogP contribution in [-0.4, -0.2) is 121 Å². The van der Waals surface area contributed by atoms with Gasteiger partial charge in [0.05, 0.1) is 50.3 Å². The van der Waals surface area contributed by atoms with E-state index in [0.29, 0.717) is 16.2 Å². The zero-order chi connectivity index (χ0) is 67.7. The standard InChI is InChI=1S/C76H61N3O17S2.ClH/c1-48-27-26-44-57(45-48)79-75(77-56-42-24-9-25-43-56)97-98-76(79)78-66-64(94-72(85)54-38-20-7-21-39-54)62(92-70(83)52-34-16-5-17-35-52)61(58(89-66)46-87-67(80)49-28-10-2-11-29-49)96-74-65(95-73(86)55-40-22-8-23-41-55)63(93-71(84)53-36-18-6-19-37-53)60(91-69(82)51-32-14-4-15-33-51)59(90-74)47-88-68(81)50-30-12-3-13-31-50;/h2-45,58-66,74H,46-47H2,1H3;1H/b77-75?,78-76-;/t58-,59-,60+,61-,62+,63+,64-,65-,66-,74+;/m1./s1. The van der Waals surface area contributed by atoms with Gasteiger partial charge in [-0.05, 0) is 142 Å². The van der Waals surface area contributed by atoms with Crippen molar-refractivity contribution in [1.82, 2.24) is 4.57 Å². The van der Waals surface area contributed by atoms with Crippen molar-refractivity contribution in [3.8, 4) is 5.69 Å². The summed E-state index contributed by atoms with van der Waals surface area (Å²) in [4.78, 5) is 114. The van der Waals surface area contributed by atoms with E-state index < -0.39 is 116 Å². The molecule has 23 heteroatoms. The number of rotatable bonds is 21. The second kappa shape index (κ2) is 33.3. The zero-order valence-corrected chi connectivity index (χ0v) is 55.0. The van der Waals surface area contributed by atoms with Gasteiger partial charge in [0, 0.05) is 0 Å². The van der Waals surface area contributed by atoms with Gasteiger partial charge in [-0.2, -0.15) is 0 Å². The summed E-state index contributed by atoms with van der Waals surface area (Å²) in [6, 6.07) is 72.1. The molecule has 2 aliphatic rings. The summed E-state index contributed by atoms with van der Waals surface area (Å²) in [5.74, 6) is -6.59. The summed E-state index contributed by atoms with van der Waals surface area (Å²) in [5.41, 5.74) is 2.53. The van der Waals surface area contributed by atoms with Crippen LogP contribution in [0.4, 0.5) is 5.69 Å². The third-order valence-corrected chi connectivity index (χ3v) is 17.7. The first-order chi connectivity index (χ1) is 47.9. The Hall–Kier alpha value is -11.0. The molecule has 2 fully saturated rings. The van der Waals surface area contributed by atoms with Crippen molar-refractivity contribution >= 4 is 80.6 Å². The van der Waals surface area contributed by atoms with Gasteiger partial charge >= 0.3 is 41.8 Å². The molecule has 20 nitrogen and oxygen atoms in total. The first-order valence-corrected chi connectivity index (χ1v) is 33.2. The molecule has 12 rings (SSSR count). The maximum Gasteiger partial charge on any atom is 0.338 e. The average molecular weight is 1390 g/mol. The van der Waals surface area contributed by atoms with Crippen LogP contribution in [0.15, 0.2) is 277 Å². The van der Waals surface area contributed by atoms with Gasteiger partial charge in [-0.25, -0.2) is 43.5 Å². The second-order valence-electron chi connectivity index (χ2n) is 22.3. The highest BCUT2D eigenvalue weighted by atomic mass is 35.5. The molecule has 2 aliphatic heterocycles. The van der Waals surface area contributed by atoms with Gasteiger partial charge in [0.15, 0.2) is 43.0 Å². The van der Waals surface area contributed by atoms with Crippen LogP contribution in [-0.2, 0) is 47.4 Å². The summed E-state index contributed by atoms with van der Waals surface area (Å²) < 4.78 is 67.6. The molecule has 0 unspecified atom stereocenters. The molecular formula is C76H62ClN3O17S2. The Balaban J connectivity index is 0.00000990. The largest absolute Gasteiger partial charge is 0.459 e. The fourth-order valence-electron chi connectivity index (χ4n) is 10.8. The molecule has 0 N–H and O–H groups in total. The Morgan fingerprint density at radius 1 is 0.374 bits per heavy atom. The molecule has 0 saturated carbocycles. The van der Waals surface area contributed by atoms with Gasteiger partial charge in [0.25, 0.3) is 0 Å². The molecule has 3 heterocycles. The summed E-state index contributed by atoms with van der Waals surface area (Å²) >= 11 is 0. The molecular weight excluding hydrogens is 1330 g/mol. The quantitative estimate of drug-likeness (QED) is 0.0369. The SMILES string of the molecule is Cc1cccc(-n2c(=Nc3ccccc3)ss/c2=N\[C@@H]2O[C@H](COC(=O)c3ccccc3)[C@@H](O[C@@H]3O[C@H](COC(=O)c4ccccc4)[C@H](OC(=O)c4ccccc4)[C@H](OC(=O)c4ccccc4)[C@H]3OC(=O)c3ccccc3)[C@H](OC(=O)c3ccccc3)[C@H]2OC(=O)c2ccccc2)c1.Cl. The predicted octanol–water partition coefficient (Wildman–Crippen LogP) is 12.1. The average Bonchev–Trinajstić information content (AvgIpc) is 1.31. The Kier molecular flexibility index (Phi) is 23.3. The molecule has 1 aromatic heterocycles. The van der Waals surface area contributed by atoms with Crippen LogP contribution in [0.3, 0.4) is 0 Å². The minimum Gasteiger partial charge on any atom is -0.459 e. The lowest BCUT2D eigenvalue weighted by molar-refractivity contribution is -0.338. The molecule has 0 bridgehead atoms. The van der Waals surface area contributed by atoms with Crippen molar-refractivity contribution in [1.29, 1.82) is 0 Å². The Labute approximate surface area is 581 Å². The maximum absolute atomic E-state index is 15.1. The minimum absolute atomic E-state index is 0. The fraction of sp³-hybridized carbons (Fsp3) is 0.171. The van der Waals surface area contributed by atoms with Crippen molar-refractivity contribution < 1.29 is 80.9 Å². The van der Waals surface area contributed by atoms with Crippen LogP contribution in [0.25, 0.3) is 5.69 Å². The van der Waals surface area contributed by atoms with E-state index in [1.807, 2.05) is 61.5 Å². The number of para-hydroxylation sites is 1. The smallest absolute Gasteiger partial charge is 0.338 e. The zero-order valence-electron chi connectivity index (χ0n) is 52.6. The van der Waals surface area contributed by atoms with E-state index in [9.17, 15) is 28.8 Å². The van der Waals surface area contributed by atoms with E-state index in [1.54, 1.807) is 132 Å². The number of carbonyl (C=O) groups excluding carboxylic acids is 7. The minimum atomic E-state index is -2.11. The number of carbonyl (C=O) groups is 7. The van der Waals surface area contributed by atoms with E-state index in [1.165, 1.54) is 106 Å². The maximum atomic E-state index is 15.1. The number of aromatic nitrogens is 1. The number of esters is 7. The summed E-state index contributed by atoms with van der Waals surface area (Å²) in [7, 11) is 2.47. The van der Waals surface area contributed by atoms with Gasteiger partial charge in [0.2, 0.25) is 9.60 Å². The van der Waals surface area contributed by atoms with Gasteiger partial charge < -0.3 is 47.4 Å². The molecule has 2 saturated heterocycles. The summed E-state index contributed by atoms with van der Waals surface area (Å²) in [6.45, 7) is 0.437. The lowest BCUT2D eigenvalue weighted by atomic mass is 9.95. The summed E-state index contributed by atoms with van der Waals surface area (Å²) in [6.07, 6.45) is -18.6. The molecule has 0 aliphatic carbocycles. The third kappa shape index (κ3) is 17.4. The Morgan fingerprint density at radius 2 is 0.717 bits per heavy atom. The first-order valence-electron chi connectivity index (χ1n) is 31.0. The van der Waals surface area contributed by atoms with E-state index in [2.05, 4.69) is 0 Å². The Morgan fingerprint density at radius 3 is 1.13 bits per heavy atom. The number of halogens is 1. The lowest BCUT2D eigenvalue weighted by Crippen LogP contribution is -2.67. The molecule has 9 aromatic carbocycles. The van der Waals surface area contributed by atoms with Crippen LogP contribution in [0, 0.1) is 6.92 Å². The van der Waals surface area contributed by atoms with Crippen LogP contribution in [0.5, 0.6) is 0 Å². The second-order valence-corrected chi connectivity index (χ2v) is 24.4. The molecule has 0 amide bonds. The van der Waals surface area contributed by atoms with E-state index in [4.69, 9.17) is 57.4 Å². The number of hydrogen-bond acceptors (Lipinski definition) is 21. The van der Waals surface area contributed by atoms with E-state index in [-0.39, 0.29) is 56.2 Å². The number of ether oxygens (including phenoxy) is 10. The van der Waals surface area contributed by atoms with Crippen molar-refractivity contribution in [3.63, 3.8) is 0 Å². The molecule has 99 heavy (non-hydrogen) atoms. The number of hydrogen-bond donors (Lipinski definition) is 0. The van der Waals surface area contributed by atoms with E-state index in [0.717, 1.165) is 5.56 Å². The monoisotopic (exact) mass is 1390 g/mol. The van der Waals surface area contributed by atoms with Gasteiger partial charge in [0.1, 0.15) is 31.5 Å². The van der Waals surface area contributed by atoms with Gasteiger partial charge in [-0.3, -0.25) is 4.57 Å². The van der Waals surface area contributed by atoms with Crippen LogP contribution in [0.2, 0.25) is 0 Å². The highest BCUT2D eigenvalue weighted by Crippen LogP contribution is 2.38. The normalized spacial score (nSPS) is 20.5. The third-order valence-electron chi connectivity index (χ3n) is 15.6. The van der Waals surface area contributed by atoms with Gasteiger partial charge in [-0.1, -0.05) is 158 Å². The summed E-state index contributed by atoms with van der Waals surface area (Å²) in [5, 5.41) is 0. The molecule has 0 spiro atoms. The fourth-order valence-corrected chi connectivity index (χ4v) is 12.9.